The molecule has 3 N–H and O–H groups in total. The number of hydrogen-bond donors (Lipinski definition) is 2. The molecule has 1 heterocycles. The minimum atomic E-state index is -0.492. The number of rotatable bonds is 5. The normalized spacial score (nSPS) is 12.7. The summed E-state index contributed by atoms with van der Waals surface area (Å²) in [5.41, 5.74) is 5.88. The van der Waals surface area contributed by atoms with Gasteiger partial charge in [0.05, 0.1) is 12.3 Å². The number of nitrogen functional groups attached to an aromatic ring is 1. The Bertz CT molecular complexity index is 469. The summed E-state index contributed by atoms with van der Waals surface area (Å²) < 4.78 is 10.6. The molecule has 6 heteroatoms. The van der Waals surface area contributed by atoms with Crippen LogP contribution < -0.4 is 15.8 Å². The molecule has 0 aliphatic rings. The van der Waals surface area contributed by atoms with Crippen molar-refractivity contribution in [2.75, 3.05) is 17.7 Å². The average Bonchev–Trinajstić information content (AvgIpc) is 2.32. The van der Waals surface area contributed by atoms with E-state index in [0.717, 1.165) is 0 Å². The zero-order chi connectivity index (χ0) is 15.3. The van der Waals surface area contributed by atoms with Crippen molar-refractivity contribution in [2.24, 2.45) is 0 Å². The van der Waals surface area contributed by atoms with Crippen LogP contribution in [0.5, 0.6) is 5.88 Å². The molecule has 0 fully saturated rings. The second kappa shape index (κ2) is 6.45. The van der Waals surface area contributed by atoms with Crippen LogP contribution in [0.15, 0.2) is 12.1 Å². The van der Waals surface area contributed by atoms with Gasteiger partial charge in [0.15, 0.2) is 0 Å². The fourth-order valence-corrected chi connectivity index (χ4v) is 1.45. The van der Waals surface area contributed by atoms with E-state index in [9.17, 15) is 4.79 Å². The Kier molecular flexibility index (Phi) is 5.19. The molecule has 0 bridgehead atoms. The average molecular weight is 281 g/mol. The molecular formula is C14H23N3O3. The third-order valence-electron chi connectivity index (χ3n) is 2.30. The highest BCUT2D eigenvalue weighted by molar-refractivity contribution is 5.78. The first kappa shape index (κ1) is 16.1. The Balaban J connectivity index is 2.82. The van der Waals surface area contributed by atoms with E-state index in [1.165, 1.54) is 0 Å². The summed E-state index contributed by atoms with van der Waals surface area (Å²) >= 11 is 0. The van der Waals surface area contributed by atoms with E-state index in [1.807, 2.05) is 20.8 Å². The summed E-state index contributed by atoms with van der Waals surface area (Å²) in [6, 6.07) is 2.89. The van der Waals surface area contributed by atoms with Crippen molar-refractivity contribution in [3.63, 3.8) is 0 Å². The summed E-state index contributed by atoms with van der Waals surface area (Å²) in [4.78, 5) is 15.8. The van der Waals surface area contributed by atoms with Crippen LogP contribution in [0.3, 0.4) is 0 Å². The summed E-state index contributed by atoms with van der Waals surface area (Å²) in [6.07, 6.45) is 0. The van der Waals surface area contributed by atoms with E-state index in [-0.39, 0.29) is 5.97 Å². The van der Waals surface area contributed by atoms with E-state index in [2.05, 4.69) is 10.3 Å². The molecule has 0 aliphatic carbocycles. The van der Waals surface area contributed by atoms with Crippen molar-refractivity contribution in [2.45, 2.75) is 46.3 Å². The summed E-state index contributed by atoms with van der Waals surface area (Å²) in [5.74, 6) is 0.530. The topological polar surface area (TPSA) is 86.5 Å². The van der Waals surface area contributed by atoms with Gasteiger partial charge in [0.1, 0.15) is 17.5 Å². The van der Waals surface area contributed by atoms with Crippen LogP contribution in [0.4, 0.5) is 11.5 Å². The molecule has 1 atom stereocenters. The van der Waals surface area contributed by atoms with Gasteiger partial charge in [0.2, 0.25) is 5.88 Å². The SMILES string of the molecule is CCOC(=O)C(C)Nc1ccc(N)c(OC(C)(C)C)n1. The third kappa shape index (κ3) is 4.95. The van der Waals surface area contributed by atoms with Crippen molar-refractivity contribution >= 4 is 17.5 Å². The van der Waals surface area contributed by atoms with Gasteiger partial charge in [-0.25, -0.2) is 4.79 Å². The molecule has 0 aliphatic heterocycles. The number of nitrogens with one attached hydrogen (secondary N) is 1. The van der Waals surface area contributed by atoms with Crippen LogP contribution in [-0.2, 0) is 9.53 Å². The van der Waals surface area contributed by atoms with Gasteiger partial charge < -0.3 is 20.5 Å². The number of nitrogens with two attached hydrogens (primary N) is 1. The van der Waals surface area contributed by atoms with Gasteiger partial charge >= 0.3 is 5.97 Å². The monoisotopic (exact) mass is 281 g/mol. The van der Waals surface area contributed by atoms with E-state index in [4.69, 9.17) is 15.2 Å². The maximum atomic E-state index is 11.6. The number of ether oxygens (including phenoxy) is 2. The third-order valence-corrected chi connectivity index (χ3v) is 2.30. The summed E-state index contributed by atoms with van der Waals surface area (Å²) in [7, 11) is 0. The molecule has 112 valence electrons. The molecule has 1 unspecified atom stereocenters. The molecule has 0 amide bonds. The Hall–Kier alpha value is -1.98. The molecule has 0 spiro atoms. The van der Waals surface area contributed by atoms with E-state index >= 15 is 0 Å². The standard InChI is InChI=1S/C14H23N3O3/c1-6-19-13(18)9(2)16-11-8-7-10(15)12(17-11)20-14(3,4)5/h7-9H,6,15H2,1-5H3,(H,16,17). The Morgan fingerprint density at radius 2 is 2.10 bits per heavy atom. The van der Waals surface area contributed by atoms with E-state index in [0.29, 0.717) is 24.0 Å². The van der Waals surface area contributed by atoms with Gasteiger partial charge in [-0.15, -0.1) is 0 Å². The van der Waals surface area contributed by atoms with Gasteiger partial charge in [0.25, 0.3) is 0 Å². The zero-order valence-corrected chi connectivity index (χ0v) is 12.7. The molecule has 0 aromatic carbocycles. The number of nitrogens with zero attached hydrogens (tertiary/aromatic N) is 1. The number of carbonyl (C=O) groups is 1. The molecule has 1 rings (SSSR count). The van der Waals surface area contributed by atoms with Crippen molar-refractivity contribution in [3.8, 4) is 5.88 Å². The molecule has 0 saturated heterocycles. The van der Waals surface area contributed by atoms with Gasteiger partial charge in [-0.3, -0.25) is 0 Å². The molecule has 0 saturated carbocycles. The predicted octanol–water partition coefficient (Wildman–Crippen LogP) is 2.20. The first-order valence-electron chi connectivity index (χ1n) is 6.61. The lowest BCUT2D eigenvalue weighted by Crippen LogP contribution is -2.29. The summed E-state index contributed by atoms with van der Waals surface area (Å²) in [6.45, 7) is 9.56. The van der Waals surface area contributed by atoms with Crippen LogP contribution >= 0.6 is 0 Å². The number of esters is 1. The fourth-order valence-electron chi connectivity index (χ4n) is 1.45. The Labute approximate surface area is 119 Å². The minimum absolute atomic E-state index is 0.329. The molecule has 1 aromatic heterocycles. The molecule has 0 radical (unpaired) electrons. The van der Waals surface area contributed by atoms with Crippen LogP contribution in [0.1, 0.15) is 34.6 Å². The number of hydrogen-bond acceptors (Lipinski definition) is 6. The highest BCUT2D eigenvalue weighted by Crippen LogP contribution is 2.25. The van der Waals surface area contributed by atoms with Crippen LogP contribution in [0, 0.1) is 0 Å². The highest BCUT2D eigenvalue weighted by Gasteiger charge is 2.18. The summed E-state index contributed by atoms with van der Waals surface area (Å²) in [5, 5.41) is 2.96. The van der Waals surface area contributed by atoms with Crippen LogP contribution in [-0.4, -0.2) is 29.2 Å². The number of carbonyl (C=O) groups excluding carboxylic acids is 1. The van der Waals surface area contributed by atoms with Crippen molar-refractivity contribution in [1.29, 1.82) is 0 Å². The van der Waals surface area contributed by atoms with Crippen molar-refractivity contribution < 1.29 is 14.3 Å². The van der Waals surface area contributed by atoms with Gasteiger partial charge in [-0.05, 0) is 46.8 Å². The largest absolute Gasteiger partial charge is 0.470 e. The van der Waals surface area contributed by atoms with Gasteiger partial charge in [-0.2, -0.15) is 4.98 Å². The maximum absolute atomic E-state index is 11.6. The van der Waals surface area contributed by atoms with Gasteiger partial charge in [-0.1, -0.05) is 0 Å². The molecule has 6 nitrogen and oxygen atoms in total. The number of pyridine rings is 1. The predicted molar refractivity (Wildman–Crippen MR) is 78.7 cm³/mol. The lowest BCUT2D eigenvalue weighted by molar-refractivity contribution is -0.143. The van der Waals surface area contributed by atoms with E-state index in [1.54, 1.807) is 26.0 Å². The number of aromatic nitrogens is 1. The zero-order valence-electron chi connectivity index (χ0n) is 12.7. The highest BCUT2D eigenvalue weighted by atomic mass is 16.5. The van der Waals surface area contributed by atoms with Crippen molar-refractivity contribution in [3.05, 3.63) is 12.1 Å². The quantitative estimate of drug-likeness (QED) is 0.805. The second-order valence-electron chi connectivity index (χ2n) is 5.42. The maximum Gasteiger partial charge on any atom is 0.328 e. The molecule has 1 aromatic rings. The van der Waals surface area contributed by atoms with Crippen LogP contribution in [0.2, 0.25) is 0 Å². The second-order valence-corrected chi connectivity index (χ2v) is 5.42. The van der Waals surface area contributed by atoms with Gasteiger partial charge in [0, 0.05) is 0 Å². The smallest absolute Gasteiger partial charge is 0.328 e. The van der Waals surface area contributed by atoms with Crippen LogP contribution in [0.25, 0.3) is 0 Å². The van der Waals surface area contributed by atoms with E-state index < -0.39 is 11.6 Å². The molecular weight excluding hydrogens is 258 g/mol. The van der Waals surface area contributed by atoms with Crippen molar-refractivity contribution in [1.82, 2.24) is 4.98 Å². The molecule has 20 heavy (non-hydrogen) atoms. The first-order chi connectivity index (χ1) is 9.23. The lowest BCUT2D eigenvalue weighted by Gasteiger charge is -2.22. The minimum Gasteiger partial charge on any atom is -0.470 e. The lowest BCUT2D eigenvalue weighted by atomic mass is 10.2. The first-order valence-corrected chi connectivity index (χ1v) is 6.61. The Morgan fingerprint density at radius 1 is 1.45 bits per heavy atom. The number of anilines is 2. The fraction of sp³-hybridized carbons (Fsp3) is 0.571. The Morgan fingerprint density at radius 3 is 2.65 bits per heavy atom.